The van der Waals surface area contributed by atoms with Gasteiger partial charge in [0, 0.05) is 30.7 Å². The van der Waals surface area contributed by atoms with Gasteiger partial charge in [0.1, 0.15) is 17.2 Å². The van der Waals surface area contributed by atoms with Gasteiger partial charge in [0.25, 0.3) is 0 Å². The lowest BCUT2D eigenvalue weighted by Crippen LogP contribution is -2.44. The molecule has 0 spiro atoms. The Bertz CT molecular complexity index is 424. The van der Waals surface area contributed by atoms with Crippen molar-refractivity contribution in [2.24, 2.45) is 0 Å². The zero-order valence-electron chi connectivity index (χ0n) is 11.1. The van der Waals surface area contributed by atoms with Gasteiger partial charge in [-0.3, -0.25) is 0 Å². The van der Waals surface area contributed by atoms with Crippen molar-refractivity contribution in [2.45, 2.75) is 31.9 Å². The fraction of sp³-hybridized carbons (Fsp3) is 0.571. The Hall–Kier alpha value is -1.13. The van der Waals surface area contributed by atoms with Crippen molar-refractivity contribution in [3.63, 3.8) is 0 Å². The quantitative estimate of drug-likeness (QED) is 0.895. The molecule has 2 atom stereocenters. The molecular formula is C14H20FNO2. The zero-order valence-corrected chi connectivity index (χ0v) is 11.1. The monoisotopic (exact) mass is 253 g/mol. The standard InChI is InChI=1S/C14H20FNO2/c1-4-17-9-14(2)8-12(16-3)11-6-5-10(15)7-13(11)18-14/h5-7,12,16H,4,8-9H2,1-3H3. The van der Waals surface area contributed by atoms with E-state index in [1.807, 2.05) is 20.9 Å². The summed E-state index contributed by atoms with van der Waals surface area (Å²) in [6.45, 7) is 5.12. The van der Waals surface area contributed by atoms with Crippen LogP contribution in [-0.2, 0) is 4.74 Å². The molecule has 4 heteroatoms. The number of rotatable bonds is 4. The summed E-state index contributed by atoms with van der Waals surface area (Å²) < 4.78 is 24.7. The first-order valence-corrected chi connectivity index (χ1v) is 6.31. The molecule has 0 amide bonds. The topological polar surface area (TPSA) is 30.5 Å². The second-order valence-electron chi connectivity index (χ2n) is 4.92. The average molecular weight is 253 g/mol. The number of benzene rings is 1. The van der Waals surface area contributed by atoms with Crippen LogP contribution >= 0.6 is 0 Å². The number of halogens is 1. The number of ether oxygens (including phenoxy) is 2. The molecule has 1 aliphatic rings. The van der Waals surface area contributed by atoms with Crippen LogP contribution in [0.15, 0.2) is 18.2 Å². The van der Waals surface area contributed by atoms with Gasteiger partial charge >= 0.3 is 0 Å². The summed E-state index contributed by atoms with van der Waals surface area (Å²) in [4.78, 5) is 0. The highest BCUT2D eigenvalue weighted by Crippen LogP contribution is 2.39. The molecule has 1 aromatic carbocycles. The summed E-state index contributed by atoms with van der Waals surface area (Å²) in [7, 11) is 1.91. The third kappa shape index (κ3) is 2.65. The maximum atomic E-state index is 13.3. The summed E-state index contributed by atoms with van der Waals surface area (Å²) in [6, 6.07) is 4.87. The van der Waals surface area contributed by atoms with E-state index in [-0.39, 0.29) is 11.9 Å². The molecule has 100 valence electrons. The molecule has 0 aliphatic carbocycles. The second-order valence-corrected chi connectivity index (χ2v) is 4.92. The minimum absolute atomic E-state index is 0.166. The van der Waals surface area contributed by atoms with E-state index in [2.05, 4.69) is 5.32 Å². The van der Waals surface area contributed by atoms with E-state index in [1.54, 1.807) is 6.07 Å². The van der Waals surface area contributed by atoms with Gasteiger partial charge in [-0.05, 0) is 27.0 Å². The highest BCUT2D eigenvalue weighted by atomic mass is 19.1. The van der Waals surface area contributed by atoms with Crippen molar-refractivity contribution in [1.82, 2.24) is 5.32 Å². The van der Waals surface area contributed by atoms with Gasteiger partial charge < -0.3 is 14.8 Å². The first-order chi connectivity index (χ1) is 8.58. The molecule has 0 bridgehead atoms. The Morgan fingerprint density at radius 2 is 2.33 bits per heavy atom. The van der Waals surface area contributed by atoms with E-state index in [9.17, 15) is 4.39 Å². The third-order valence-corrected chi connectivity index (χ3v) is 3.30. The lowest BCUT2D eigenvalue weighted by Gasteiger charge is -2.39. The normalized spacial score (nSPS) is 26.6. The lowest BCUT2D eigenvalue weighted by molar-refractivity contribution is -0.0328. The Morgan fingerprint density at radius 3 is 3.00 bits per heavy atom. The molecular weight excluding hydrogens is 233 g/mol. The van der Waals surface area contributed by atoms with E-state index < -0.39 is 5.60 Å². The SMILES string of the molecule is CCOCC1(C)CC(NC)c2ccc(F)cc2O1. The summed E-state index contributed by atoms with van der Waals surface area (Å²) in [5.41, 5.74) is 0.595. The molecule has 1 heterocycles. The fourth-order valence-corrected chi connectivity index (χ4v) is 2.40. The summed E-state index contributed by atoms with van der Waals surface area (Å²) in [5, 5.41) is 3.25. The predicted molar refractivity (Wildman–Crippen MR) is 68.3 cm³/mol. The summed E-state index contributed by atoms with van der Waals surface area (Å²) in [5.74, 6) is 0.340. The van der Waals surface area contributed by atoms with Crippen LogP contribution in [0.25, 0.3) is 0 Å². The summed E-state index contributed by atoms with van der Waals surface area (Å²) in [6.07, 6.45) is 0.808. The number of nitrogens with one attached hydrogen (secondary N) is 1. The molecule has 0 aromatic heterocycles. The van der Waals surface area contributed by atoms with Crippen molar-refractivity contribution in [2.75, 3.05) is 20.3 Å². The van der Waals surface area contributed by atoms with Crippen molar-refractivity contribution >= 4 is 0 Å². The first-order valence-electron chi connectivity index (χ1n) is 6.31. The smallest absolute Gasteiger partial charge is 0.131 e. The predicted octanol–water partition coefficient (Wildman–Crippen LogP) is 2.66. The molecule has 0 saturated carbocycles. The Kier molecular flexibility index (Phi) is 3.88. The lowest BCUT2D eigenvalue weighted by atomic mass is 9.89. The van der Waals surface area contributed by atoms with Gasteiger partial charge in [-0.25, -0.2) is 4.39 Å². The Morgan fingerprint density at radius 1 is 1.56 bits per heavy atom. The zero-order chi connectivity index (χ0) is 13.2. The van der Waals surface area contributed by atoms with Crippen molar-refractivity contribution < 1.29 is 13.9 Å². The van der Waals surface area contributed by atoms with Gasteiger partial charge in [-0.2, -0.15) is 0 Å². The molecule has 1 aromatic rings. The van der Waals surface area contributed by atoms with E-state index in [4.69, 9.17) is 9.47 Å². The van der Waals surface area contributed by atoms with E-state index in [0.29, 0.717) is 19.0 Å². The Balaban J connectivity index is 2.28. The highest BCUT2D eigenvalue weighted by molar-refractivity contribution is 5.39. The van der Waals surface area contributed by atoms with Crippen molar-refractivity contribution in [3.8, 4) is 5.75 Å². The number of fused-ring (bicyclic) bond motifs is 1. The highest BCUT2D eigenvalue weighted by Gasteiger charge is 2.37. The first kappa shape index (κ1) is 13.3. The maximum Gasteiger partial charge on any atom is 0.131 e. The summed E-state index contributed by atoms with van der Waals surface area (Å²) >= 11 is 0. The molecule has 2 unspecified atom stereocenters. The van der Waals surface area contributed by atoms with Crippen LogP contribution in [-0.4, -0.2) is 25.9 Å². The van der Waals surface area contributed by atoms with Crippen molar-refractivity contribution in [1.29, 1.82) is 0 Å². The molecule has 0 fully saturated rings. The van der Waals surface area contributed by atoms with Gasteiger partial charge in [0.15, 0.2) is 0 Å². The molecule has 1 aliphatic heterocycles. The Labute approximate surface area is 107 Å². The van der Waals surface area contributed by atoms with Crippen molar-refractivity contribution in [3.05, 3.63) is 29.6 Å². The molecule has 3 nitrogen and oxygen atoms in total. The minimum Gasteiger partial charge on any atom is -0.485 e. The molecule has 0 radical (unpaired) electrons. The number of hydrogen-bond acceptors (Lipinski definition) is 3. The molecule has 1 N–H and O–H groups in total. The van der Waals surface area contributed by atoms with Gasteiger partial charge in [0.05, 0.1) is 6.61 Å². The van der Waals surface area contributed by atoms with E-state index in [0.717, 1.165) is 12.0 Å². The fourth-order valence-electron chi connectivity index (χ4n) is 2.40. The van der Waals surface area contributed by atoms with Gasteiger partial charge in [-0.1, -0.05) is 6.07 Å². The van der Waals surface area contributed by atoms with Crippen LogP contribution in [0.1, 0.15) is 31.9 Å². The molecule has 2 rings (SSSR count). The average Bonchev–Trinajstić information content (AvgIpc) is 2.35. The van der Waals surface area contributed by atoms with E-state index in [1.165, 1.54) is 12.1 Å². The van der Waals surface area contributed by atoms with Crippen LogP contribution < -0.4 is 10.1 Å². The third-order valence-electron chi connectivity index (χ3n) is 3.30. The van der Waals surface area contributed by atoms with Crippen LogP contribution in [0.3, 0.4) is 0 Å². The van der Waals surface area contributed by atoms with Crippen LogP contribution in [0.4, 0.5) is 4.39 Å². The maximum absolute atomic E-state index is 13.3. The largest absolute Gasteiger partial charge is 0.485 e. The number of hydrogen-bond donors (Lipinski definition) is 1. The molecule has 0 saturated heterocycles. The van der Waals surface area contributed by atoms with Gasteiger partial charge in [0.2, 0.25) is 0 Å². The minimum atomic E-state index is -0.412. The second kappa shape index (κ2) is 5.24. The van der Waals surface area contributed by atoms with Crippen LogP contribution in [0.5, 0.6) is 5.75 Å². The molecule has 18 heavy (non-hydrogen) atoms. The van der Waals surface area contributed by atoms with Crippen LogP contribution in [0, 0.1) is 5.82 Å². The van der Waals surface area contributed by atoms with Gasteiger partial charge in [-0.15, -0.1) is 0 Å². The van der Waals surface area contributed by atoms with E-state index >= 15 is 0 Å². The van der Waals surface area contributed by atoms with Crippen LogP contribution in [0.2, 0.25) is 0 Å².